The van der Waals surface area contributed by atoms with Crippen molar-refractivity contribution in [3.63, 3.8) is 0 Å². The highest BCUT2D eigenvalue weighted by molar-refractivity contribution is 7.91. The minimum atomic E-state index is -3.10. The molecule has 144 valence electrons. The van der Waals surface area contributed by atoms with Gasteiger partial charge in [0.2, 0.25) is 0 Å². The van der Waals surface area contributed by atoms with Crippen LogP contribution in [0, 0.1) is 6.92 Å². The lowest BCUT2D eigenvalue weighted by atomic mass is 10.1. The number of halogens is 1. The fourth-order valence-electron chi connectivity index (χ4n) is 3.09. The molecule has 2 aromatic carbocycles. The molecule has 0 aliphatic carbocycles. The number of hydrogen-bond acceptors (Lipinski definition) is 4. The van der Waals surface area contributed by atoms with Crippen LogP contribution in [0.25, 0.3) is 0 Å². The van der Waals surface area contributed by atoms with Crippen LogP contribution in [-0.2, 0) is 21.2 Å². The van der Waals surface area contributed by atoms with Gasteiger partial charge in [-0.3, -0.25) is 4.79 Å². The van der Waals surface area contributed by atoms with E-state index in [1.165, 1.54) is 0 Å². The summed E-state index contributed by atoms with van der Waals surface area (Å²) >= 11 is 5.92. The number of carbonyl (C=O) groups is 1. The Morgan fingerprint density at radius 1 is 1.15 bits per heavy atom. The zero-order valence-corrected chi connectivity index (χ0v) is 16.7. The number of rotatable bonds is 6. The van der Waals surface area contributed by atoms with Crippen molar-refractivity contribution in [3.8, 4) is 5.75 Å². The van der Waals surface area contributed by atoms with Crippen molar-refractivity contribution in [2.45, 2.75) is 25.9 Å². The molecule has 0 saturated carbocycles. The van der Waals surface area contributed by atoms with Crippen molar-refractivity contribution in [1.82, 2.24) is 4.90 Å². The summed E-state index contributed by atoms with van der Waals surface area (Å²) in [5.41, 5.74) is 2.00. The van der Waals surface area contributed by atoms with Crippen LogP contribution in [-0.4, -0.2) is 43.4 Å². The van der Waals surface area contributed by atoms with Gasteiger partial charge in [-0.25, -0.2) is 8.42 Å². The molecule has 1 aliphatic rings. The number of nitrogens with zero attached hydrogens (tertiary/aromatic N) is 1. The van der Waals surface area contributed by atoms with Crippen LogP contribution in [0.4, 0.5) is 0 Å². The second-order valence-electron chi connectivity index (χ2n) is 6.81. The number of hydrogen-bond donors (Lipinski definition) is 0. The Morgan fingerprint density at radius 3 is 2.41 bits per heavy atom. The van der Waals surface area contributed by atoms with Gasteiger partial charge < -0.3 is 9.64 Å². The van der Waals surface area contributed by atoms with E-state index >= 15 is 0 Å². The van der Waals surface area contributed by atoms with Crippen LogP contribution >= 0.6 is 11.6 Å². The molecule has 1 amide bonds. The third-order valence-electron chi connectivity index (χ3n) is 4.62. The molecule has 7 heteroatoms. The van der Waals surface area contributed by atoms with Gasteiger partial charge in [0.1, 0.15) is 5.75 Å². The average molecular weight is 408 g/mol. The number of sulfone groups is 1. The van der Waals surface area contributed by atoms with E-state index in [-0.39, 0.29) is 30.1 Å². The quantitative estimate of drug-likeness (QED) is 0.737. The predicted octanol–water partition coefficient (Wildman–Crippen LogP) is 3.24. The number of amides is 1. The lowest BCUT2D eigenvalue weighted by Crippen LogP contribution is -2.43. The van der Waals surface area contributed by atoms with Crippen LogP contribution in [0.1, 0.15) is 17.5 Å². The number of ether oxygens (including phenoxy) is 1. The van der Waals surface area contributed by atoms with Crippen molar-refractivity contribution in [3.05, 3.63) is 64.7 Å². The van der Waals surface area contributed by atoms with Crippen LogP contribution < -0.4 is 4.74 Å². The zero-order chi connectivity index (χ0) is 19.4. The van der Waals surface area contributed by atoms with E-state index in [9.17, 15) is 13.2 Å². The van der Waals surface area contributed by atoms with Crippen LogP contribution in [0.5, 0.6) is 5.75 Å². The van der Waals surface area contributed by atoms with Gasteiger partial charge in [-0.15, -0.1) is 0 Å². The van der Waals surface area contributed by atoms with E-state index in [0.717, 1.165) is 11.1 Å². The van der Waals surface area contributed by atoms with E-state index in [1.807, 2.05) is 43.3 Å². The van der Waals surface area contributed by atoms with Gasteiger partial charge in [-0.05, 0) is 43.2 Å². The van der Waals surface area contributed by atoms with E-state index in [1.54, 1.807) is 17.0 Å². The second-order valence-corrected chi connectivity index (χ2v) is 9.47. The summed E-state index contributed by atoms with van der Waals surface area (Å²) in [6.45, 7) is 2.17. The maximum absolute atomic E-state index is 12.8. The lowest BCUT2D eigenvalue weighted by molar-refractivity contribution is -0.136. The Kier molecular flexibility index (Phi) is 6.07. The smallest absolute Gasteiger partial charge is 0.261 e. The zero-order valence-electron chi connectivity index (χ0n) is 15.1. The number of carbonyl (C=O) groups excluding carboxylic acids is 1. The molecule has 3 rings (SSSR count). The van der Waals surface area contributed by atoms with Gasteiger partial charge >= 0.3 is 0 Å². The highest BCUT2D eigenvalue weighted by Crippen LogP contribution is 2.21. The van der Waals surface area contributed by atoms with E-state index < -0.39 is 9.84 Å². The summed E-state index contributed by atoms with van der Waals surface area (Å²) in [5.74, 6) is 0.490. The topological polar surface area (TPSA) is 63.7 Å². The van der Waals surface area contributed by atoms with Gasteiger partial charge in [0.05, 0.1) is 11.5 Å². The lowest BCUT2D eigenvalue weighted by Gasteiger charge is -2.28. The Hall–Kier alpha value is -2.05. The highest BCUT2D eigenvalue weighted by Gasteiger charge is 2.34. The van der Waals surface area contributed by atoms with Gasteiger partial charge in [0.15, 0.2) is 16.4 Å². The molecule has 0 bridgehead atoms. The Balaban J connectivity index is 1.72. The van der Waals surface area contributed by atoms with Crippen molar-refractivity contribution >= 4 is 27.3 Å². The summed E-state index contributed by atoms with van der Waals surface area (Å²) in [6.07, 6.45) is 0.451. The van der Waals surface area contributed by atoms with Crippen molar-refractivity contribution in [2.24, 2.45) is 0 Å². The average Bonchev–Trinajstić information content (AvgIpc) is 3.00. The van der Waals surface area contributed by atoms with Gasteiger partial charge in [-0.2, -0.15) is 0 Å². The molecule has 0 N–H and O–H groups in total. The molecule has 1 fully saturated rings. The van der Waals surface area contributed by atoms with Crippen molar-refractivity contribution < 1.29 is 17.9 Å². The van der Waals surface area contributed by atoms with Gasteiger partial charge in [0, 0.05) is 17.6 Å². The molecule has 1 heterocycles. The summed E-state index contributed by atoms with van der Waals surface area (Å²) in [6, 6.07) is 14.3. The molecular weight excluding hydrogens is 386 g/mol. The maximum atomic E-state index is 12.8. The third-order valence-corrected chi connectivity index (χ3v) is 6.62. The fourth-order valence-corrected chi connectivity index (χ4v) is 4.95. The molecule has 1 saturated heterocycles. The second kappa shape index (κ2) is 8.31. The first kappa shape index (κ1) is 19.7. The largest absolute Gasteiger partial charge is 0.484 e. The first-order valence-corrected chi connectivity index (χ1v) is 11.0. The number of aryl methyl sites for hydroxylation is 1. The standard InChI is InChI=1S/C20H22ClNO4S/c1-15-2-8-19(9-3-15)26-13-20(23)22(18-10-11-27(24,25)14-18)12-16-4-6-17(21)7-5-16/h2-9,18H,10-14H2,1H3/t18-/m1/s1. The van der Waals surface area contributed by atoms with Crippen LogP contribution in [0.3, 0.4) is 0 Å². The number of benzene rings is 2. The third kappa shape index (κ3) is 5.47. The summed E-state index contributed by atoms with van der Waals surface area (Å²) < 4.78 is 29.4. The molecule has 0 unspecified atom stereocenters. The van der Waals surface area contributed by atoms with Crippen molar-refractivity contribution in [1.29, 1.82) is 0 Å². The molecule has 5 nitrogen and oxygen atoms in total. The molecule has 0 spiro atoms. The SMILES string of the molecule is Cc1ccc(OCC(=O)N(Cc2ccc(Cl)cc2)[C@@H]2CCS(=O)(=O)C2)cc1. The monoisotopic (exact) mass is 407 g/mol. The molecular formula is C20H22ClNO4S. The molecule has 0 radical (unpaired) electrons. The molecule has 0 aromatic heterocycles. The van der Waals surface area contributed by atoms with Gasteiger partial charge in [-0.1, -0.05) is 41.4 Å². The van der Waals surface area contributed by atoms with E-state index in [2.05, 4.69) is 0 Å². The van der Waals surface area contributed by atoms with Crippen LogP contribution in [0.2, 0.25) is 5.02 Å². The Morgan fingerprint density at radius 2 is 1.81 bits per heavy atom. The van der Waals surface area contributed by atoms with Crippen LogP contribution in [0.15, 0.2) is 48.5 Å². The summed E-state index contributed by atoms with van der Waals surface area (Å²) in [5, 5.41) is 0.614. The summed E-state index contributed by atoms with van der Waals surface area (Å²) in [4.78, 5) is 14.4. The highest BCUT2D eigenvalue weighted by atomic mass is 35.5. The maximum Gasteiger partial charge on any atom is 0.261 e. The van der Waals surface area contributed by atoms with Crippen molar-refractivity contribution in [2.75, 3.05) is 18.1 Å². The molecule has 1 aliphatic heterocycles. The minimum absolute atomic E-state index is 0.00311. The van der Waals surface area contributed by atoms with Gasteiger partial charge in [0.25, 0.3) is 5.91 Å². The first-order chi connectivity index (χ1) is 12.8. The van der Waals surface area contributed by atoms with E-state index in [4.69, 9.17) is 16.3 Å². The molecule has 2 aromatic rings. The summed E-state index contributed by atoms with van der Waals surface area (Å²) in [7, 11) is -3.10. The Bertz CT molecular complexity index is 895. The van der Waals surface area contributed by atoms with E-state index in [0.29, 0.717) is 23.7 Å². The Labute approximate surface area is 164 Å². The first-order valence-electron chi connectivity index (χ1n) is 8.76. The predicted molar refractivity (Wildman–Crippen MR) is 106 cm³/mol. The molecule has 1 atom stereocenters. The fraction of sp³-hybridized carbons (Fsp3) is 0.350. The molecule has 27 heavy (non-hydrogen) atoms. The normalized spacial score (nSPS) is 18.2. The minimum Gasteiger partial charge on any atom is -0.484 e.